The van der Waals surface area contributed by atoms with Gasteiger partial charge in [0.1, 0.15) is 5.75 Å². The van der Waals surface area contributed by atoms with Gasteiger partial charge in [-0.3, -0.25) is 4.72 Å². The molecule has 6 nitrogen and oxygen atoms in total. The molecule has 0 unspecified atom stereocenters. The molecule has 0 spiro atoms. The van der Waals surface area contributed by atoms with Gasteiger partial charge in [-0.1, -0.05) is 24.3 Å². The van der Waals surface area contributed by atoms with E-state index in [0.717, 1.165) is 6.08 Å². The quantitative estimate of drug-likeness (QED) is 0.793. The zero-order valence-electron chi connectivity index (χ0n) is 12.3. The van der Waals surface area contributed by atoms with Crippen LogP contribution in [-0.4, -0.2) is 26.6 Å². The van der Waals surface area contributed by atoms with E-state index in [1.807, 2.05) is 0 Å². The van der Waals surface area contributed by atoms with Crippen molar-refractivity contribution in [1.29, 1.82) is 0 Å². The third-order valence-corrected chi connectivity index (χ3v) is 4.30. The number of nitrogens with one attached hydrogen (secondary N) is 1. The minimum atomic E-state index is -3.82. The Kier molecular flexibility index (Phi) is 5.02. The number of rotatable bonds is 6. The summed E-state index contributed by atoms with van der Waals surface area (Å²) in [6.45, 7) is 0. The Hall–Kier alpha value is -2.80. The van der Waals surface area contributed by atoms with Gasteiger partial charge in [-0.2, -0.15) is 0 Å². The third kappa shape index (κ3) is 4.33. The first-order valence-electron chi connectivity index (χ1n) is 6.59. The van der Waals surface area contributed by atoms with E-state index < -0.39 is 16.0 Å². The van der Waals surface area contributed by atoms with E-state index in [1.54, 1.807) is 30.3 Å². The normalized spacial score (nSPS) is 11.3. The summed E-state index contributed by atoms with van der Waals surface area (Å²) in [5.41, 5.74) is 0.789. The second kappa shape index (κ2) is 6.97. The lowest BCUT2D eigenvalue weighted by molar-refractivity contribution is -0.131. The fraction of sp³-hybridized carbons (Fsp3) is 0.0625. The first-order chi connectivity index (χ1) is 10.9. The predicted molar refractivity (Wildman–Crippen MR) is 86.9 cm³/mol. The van der Waals surface area contributed by atoms with Gasteiger partial charge in [-0.15, -0.1) is 0 Å². The monoisotopic (exact) mass is 333 g/mol. The molecule has 0 aliphatic rings. The van der Waals surface area contributed by atoms with Gasteiger partial charge in [-0.25, -0.2) is 13.2 Å². The van der Waals surface area contributed by atoms with E-state index in [4.69, 9.17) is 9.84 Å². The Morgan fingerprint density at radius 1 is 1.17 bits per heavy atom. The van der Waals surface area contributed by atoms with Crippen molar-refractivity contribution < 1.29 is 23.1 Å². The van der Waals surface area contributed by atoms with E-state index >= 15 is 0 Å². The van der Waals surface area contributed by atoms with Crippen LogP contribution in [0.25, 0.3) is 6.08 Å². The molecular weight excluding hydrogens is 318 g/mol. The molecule has 0 aliphatic carbocycles. The molecule has 23 heavy (non-hydrogen) atoms. The number of carboxylic acid groups (broad SMARTS) is 1. The molecule has 120 valence electrons. The van der Waals surface area contributed by atoms with Crippen molar-refractivity contribution in [3.63, 3.8) is 0 Å². The first-order valence-corrected chi connectivity index (χ1v) is 8.07. The molecular formula is C16H15NO5S. The Balaban J connectivity index is 2.33. The molecule has 0 saturated carbocycles. The number of sulfonamides is 1. The van der Waals surface area contributed by atoms with E-state index in [0.29, 0.717) is 17.0 Å². The summed E-state index contributed by atoms with van der Waals surface area (Å²) in [4.78, 5) is 10.6. The maximum Gasteiger partial charge on any atom is 0.328 e. The molecule has 0 bridgehead atoms. The number of hydrogen-bond donors (Lipinski definition) is 2. The van der Waals surface area contributed by atoms with Crippen molar-refractivity contribution in [3.8, 4) is 5.75 Å². The number of carbonyl (C=O) groups is 1. The number of para-hydroxylation sites is 2. The van der Waals surface area contributed by atoms with Gasteiger partial charge in [0.15, 0.2) is 0 Å². The van der Waals surface area contributed by atoms with Crippen molar-refractivity contribution >= 4 is 27.8 Å². The Labute approximate surface area is 134 Å². The fourth-order valence-electron chi connectivity index (χ4n) is 1.89. The molecule has 0 fully saturated rings. The van der Waals surface area contributed by atoms with Crippen LogP contribution in [-0.2, 0) is 14.8 Å². The number of ether oxygens (including phenoxy) is 1. The summed E-state index contributed by atoms with van der Waals surface area (Å²) in [5.74, 6) is -0.705. The molecule has 0 atom stereocenters. The van der Waals surface area contributed by atoms with Crippen molar-refractivity contribution in [2.24, 2.45) is 0 Å². The highest BCUT2D eigenvalue weighted by Crippen LogP contribution is 2.26. The maximum atomic E-state index is 12.5. The number of anilines is 1. The van der Waals surface area contributed by atoms with E-state index in [9.17, 15) is 13.2 Å². The highest BCUT2D eigenvalue weighted by molar-refractivity contribution is 7.92. The van der Waals surface area contributed by atoms with Crippen LogP contribution in [0.5, 0.6) is 5.75 Å². The second-order valence-corrected chi connectivity index (χ2v) is 6.23. The average molecular weight is 333 g/mol. The van der Waals surface area contributed by atoms with Crippen LogP contribution in [0.1, 0.15) is 5.56 Å². The average Bonchev–Trinajstić information content (AvgIpc) is 2.53. The van der Waals surface area contributed by atoms with Crippen molar-refractivity contribution in [2.75, 3.05) is 11.8 Å². The molecule has 2 N–H and O–H groups in total. The minimum Gasteiger partial charge on any atom is -0.495 e. The molecule has 0 radical (unpaired) electrons. The van der Waals surface area contributed by atoms with Crippen LogP contribution >= 0.6 is 0 Å². The van der Waals surface area contributed by atoms with Gasteiger partial charge in [-0.05, 0) is 35.9 Å². The Morgan fingerprint density at radius 2 is 1.91 bits per heavy atom. The molecule has 0 saturated heterocycles. The van der Waals surface area contributed by atoms with Gasteiger partial charge in [0.25, 0.3) is 10.0 Å². The van der Waals surface area contributed by atoms with Crippen LogP contribution in [0.2, 0.25) is 0 Å². The molecule has 0 heterocycles. The lowest BCUT2D eigenvalue weighted by atomic mass is 10.2. The molecule has 7 heteroatoms. The van der Waals surface area contributed by atoms with Crippen LogP contribution in [0.4, 0.5) is 5.69 Å². The molecule has 0 amide bonds. The zero-order valence-corrected chi connectivity index (χ0v) is 13.1. The summed E-state index contributed by atoms with van der Waals surface area (Å²) in [5, 5.41) is 8.63. The molecule has 2 rings (SSSR count). The summed E-state index contributed by atoms with van der Waals surface area (Å²) in [6, 6.07) is 12.6. The maximum absolute atomic E-state index is 12.5. The highest BCUT2D eigenvalue weighted by atomic mass is 32.2. The van der Waals surface area contributed by atoms with E-state index in [-0.39, 0.29) is 4.90 Å². The Bertz CT molecular complexity index is 843. The molecule has 0 aliphatic heterocycles. The minimum absolute atomic E-state index is 0.0240. The fourth-order valence-corrected chi connectivity index (χ4v) is 3.01. The largest absolute Gasteiger partial charge is 0.495 e. The predicted octanol–water partition coefficient (Wildman–Crippen LogP) is 2.59. The van der Waals surface area contributed by atoms with Crippen molar-refractivity contribution in [3.05, 3.63) is 60.2 Å². The number of aliphatic carboxylic acids is 1. The molecule has 2 aromatic rings. The molecule has 0 aromatic heterocycles. The van der Waals surface area contributed by atoms with Gasteiger partial charge in [0.05, 0.1) is 17.7 Å². The van der Waals surface area contributed by atoms with Crippen molar-refractivity contribution in [2.45, 2.75) is 4.90 Å². The summed E-state index contributed by atoms with van der Waals surface area (Å²) in [7, 11) is -2.37. The zero-order chi connectivity index (χ0) is 16.9. The number of carboxylic acids is 1. The number of benzene rings is 2. The lowest BCUT2D eigenvalue weighted by Crippen LogP contribution is -2.13. The SMILES string of the molecule is COc1ccccc1NS(=O)(=O)c1cccc(C=CC(=O)O)c1. The van der Waals surface area contributed by atoms with Gasteiger partial charge >= 0.3 is 5.97 Å². The smallest absolute Gasteiger partial charge is 0.328 e. The topological polar surface area (TPSA) is 92.7 Å². The third-order valence-electron chi connectivity index (χ3n) is 2.94. The van der Waals surface area contributed by atoms with E-state index in [1.165, 1.54) is 31.4 Å². The van der Waals surface area contributed by atoms with Crippen LogP contribution in [0, 0.1) is 0 Å². The summed E-state index contributed by atoms with van der Waals surface area (Å²) >= 11 is 0. The molecule has 2 aromatic carbocycles. The van der Waals surface area contributed by atoms with E-state index in [2.05, 4.69) is 4.72 Å². The first kappa shape index (κ1) is 16.6. The van der Waals surface area contributed by atoms with Gasteiger partial charge in [0, 0.05) is 6.08 Å². The van der Waals surface area contributed by atoms with Gasteiger partial charge in [0.2, 0.25) is 0 Å². The summed E-state index contributed by atoms with van der Waals surface area (Å²) in [6.07, 6.45) is 2.27. The van der Waals surface area contributed by atoms with Crippen molar-refractivity contribution in [1.82, 2.24) is 0 Å². The number of methoxy groups -OCH3 is 1. The highest BCUT2D eigenvalue weighted by Gasteiger charge is 2.16. The summed E-state index contributed by atoms with van der Waals surface area (Å²) < 4.78 is 32.5. The van der Waals surface area contributed by atoms with Gasteiger partial charge < -0.3 is 9.84 Å². The second-order valence-electron chi connectivity index (χ2n) is 4.55. The van der Waals surface area contributed by atoms with Crippen LogP contribution in [0.15, 0.2) is 59.5 Å². The van der Waals surface area contributed by atoms with Crippen LogP contribution in [0.3, 0.4) is 0 Å². The number of hydrogen-bond acceptors (Lipinski definition) is 4. The lowest BCUT2D eigenvalue weighted by Gasteiger charge is -2.11. The Morgan fingerprint density at radius 3 is 2.61 bits per heavy atom. The van der Waals surface area contributed by atoms with Crippen LogP contribution < -0.4 is 9.46 Å². The standard InChI is InChI=1S/C16H15NO5S/c1-22-15-8-3-2-7-14(15)17-23(20,21)13-6-4-5-12(11-13)9-10-16(18)19/h2-11,17H,1H3,(H,18,19).